The molecule has 2 heterocycles. The molecule has 1 amide bonds. The average molecular weight is 407 g/mol. The molecule has 1 unspecified atom stereocenters. The Hall–Kier alpha value is -0.630. The van der Waals surface area contributed by atoms with Gasteiger partial charge in [-0.1, -0.05) is 13.3 Å². The molecule has 110 valence electrons. The number of carbonyl (C=O) groups is 2. The summed E-state index contributed by atoms with van der Waals surface area (Å²) in [5, 5.41) is 11.4. The number of amides is 1. The average Bonchev–Trinajstić information content (AvgIpc) is 2.85. The Bertz CT molecular complexity index is 512. The summed E-state index contributed by atoms with van der Waals surface area (Å²) in [6.07, 6.45) is 2.89. The van der Waals surface area contributed by atoms with E-state index in [1.54, 1.807) is 4.90 Å². The summed E-state index contributed by atoms with van der Waals surface area (Å²) >= 11 is 3.73. The second-order valence-electron chi connectivity index (χ2n) is 5.31. The minimum atomic E-state index is -0.767. The van der Waals surface area contributed by atoms with Crippen molar-refractivity contribution in [2.75, 3.05) is 13.1 Å². The molecule has 0 bridgehead atoms. The molecule has 6 heteroatoms. The number of piperidine rings is 1. The fourth-order valence-electron chi connectivity index (χ4n) is 2.87. The molecule has 0 aromatic carbocycles. The minimum Gasteiger partial charge on any atom is -0.481 e. The van der Waals surface area contributed by atoms with Crippen LogP contribution in [-0.4, -0.2) is 35.0 Å². The van der Waals surface area contributed by atoms with Gasteiger partial charge in [-0.3, -0.25) is 9.59 Å². The summed E-state index contributed by atoms with van der Waals surface area (Å²) in [5.41, 5.74) is -0.0802. The quantitative estimate of drug-likeness (QED) is 0.778. The van der Waals surface area contributed by atoms with Crippen molar-refractivity contribution < 1.29 is 14.7 Å². The van der Waals surface area contributed by atoms with E-state index in [2.05, 4.69) is 22.6 Å². The second-order valence-corrected chi connectivity index (χ2v) is 8.11. The molecule has 0 spiro atoms. The molecule has 1 fully saturated rings. The molecule has 1 N–H and O–H groups in total. The first-order valence-electron chi connectivity index (χ1n) is 6.75. The molecule has 0 saturated carbocycles. The van der Waals surface area contributed by atoms with Gasteiger partial charge in [0.15, 0.2) is 0 Å². The molecule has 1 aromatic rings. The number of rotatable bonds is 4. The number of carboxylic acid groups (broad SMARTS) is 1. The van der Waals surface area contributed by atoms with Crippen molar-refractivity contribution in [3.8, 4) is 0 Å². The molecule has 1 aliphatic rings. The van der Waals surface area contributed by atoms with Gasteiger partial charge in [-0.25, -0.2) is 0 Å². The molecule has 0 aliphatic carbocycles. The third-order valence-corrected chi connectivity index (χ3v) is 5.65. The highest BCUT2D eigenvalue weighted by Gasteiger charge is 2.42. The first-order chi connectivity index (χ1) is 9.48. The maximum absolute atomic E-state index is 12.5. The summed E-state index contributed by atoms with van der Waals surface area (Å²) in [7, 11) is 0. The lowest BCUT2D eigenvalue weighted by Gasteiger charge is -2.39. The first kappa shape index (κ1) is 15.8. The largest absolute Gasteiger partial charge is 0.481 e. The number of halogens is 1. The highest BCUT2D eigenvalue weighted by molar-refractivity contribution is 14.1. The Labute approximate surface area is 136 Å². The van der Waals surface area contributed by atoms with Gasteiger partial charge in [0.1, 0.15) is 0 Å². The minimum absolute atomic E-state index is 0.0365. The second kappa shape index (κ2) is 6.43. The summed E-state index contributed by atoms with van der Waals surface area (Å²) in [5.74, 6) is -0.803. The van der Waals surface area contributed by atoms with Crippen LogP contribution in [0.4, 0.5) is 0 Å². The number of carbonyl (C=O) groups excluding carboxylic acids is 1. The Balaban J connectivity index is 2.17. The normalized spacial score (nSPS) is 22.8. The predicted molar refractivity (Wildman–Crippen MR) is 87.2 cm³/mol. The van der Waals surface area contributed by atoms with Crippen LogP contribution in [0, 0.1) is 8.30 Å². The van der Waals surface area contributed by atoms with Crippen molar-refractivity contribution in [3.05, 3.63) is 19.9 Å². The van der Waals surface area contributed by atoms with Crippen LogP contribution in [0.25, 0.3) is 0 Å². The van der Waals surface area contributed by atoms with Crippen molar-refractivity contribution in [3.63, 3.8) is 0 Å². The van der Waals surface area contributed by atoms with Gasteiger partial charge in [0.05, 0.1) is 13.9 Å². The van der Waals surface area contributed by atoms with Crippen LogP contribution in [0.3, 0.4) is 0 Å². The van der Waals surface area contributed by atoms with Crippen molar-refractivity contribution in [1.29, 1.82) is 0 Å². The van der Waals surface area contributed by atoms with Gasteiger partial charge in [0.25, 0.3) is 5.91 Å². The molecular formula is C14H18INO3S. The Morgan fingerprint density at radius 3 is 2.85 bits per heavy atom. The lowest BCUT2D eigenvalue weighted by Crippen LogP contribution is -2.49. The predicted octanol–water partition coefficient (Wildman–Crippen LogP) is 3.46. The number of likely N-dealkylation sites (tertiary alicyclic amines) is 1. The Kier molecular flexibility index (Phi) is 5.06. The SMILES string of the molecule is CCCC1(C(=O)O)CCCN(C(=O)c2csc(I)c2)C1. The van der Waals surface area contributed by atoms with Gasteiger partial charge < -0.3 is 10.0 Å². The summed E-state index contributed by atoms with van der Waals surface area (Å²) in [6.45, 7) is 2.98. The van der Waals surface area contributed by atoms with E-state index >= 15 is 0 Å². The van der Waals surface area contributed by atoms with E-state index in [1.165, 1.54) is 11.3 Å². The third-order valence-electron chi connectivity index (χ3n) is 3.86. The van der Waals surface area contributed by atoms with Crippen LogP contribution >= 0.6 is 33.9 Å². The molecule has 4 nitrogen and oxygen atoms in total. The summed E-state index contributed by atoms with van der Waals surface area (Å²) in [4.78, 5) is 25.8. The summed E-state index contributed by atoms with van der Waals surface area (Å²) < 4.78 is 1.07. The maximum atomic E-state index is 12.5. The van der Waals surface area contributed by atoms with E-state index in [0.29, 0.717) is 31.5 Å². The Morgan fingerprint density at radius 1 is 1.55 bits per heavy atom. The molecule has 1 saturated heterocycles. The van der Waals surface area contributed by atoms with Gasteiger partial charge in [-0.05, 0) is 47.9 Å². The smallest absolute Gasteiger partial charge is 0.311 e. The van der Waals surface area contributed by atoms with E-state index in [9.17, 15) is 14.7 Å². The van der Waals surface area contributed by atoms with Crippen LogP contribution in [0.5, 0.6) is 0 Å². The fourth-order valence-corrected chi connectivity index (χ4v) is 4.19. The number of hydrogen-bond acceptors (Lipinski definition) is 3. The summed E-state index contributed by atoms with van der Waals surface area (Å²) in [6, 6.07) is 1.87. The van der Waals surface area contributed by atoms with Gasteiger partial charge in [0, 0.05) is 18.5 Å². The molecule has 2 rings (SSSR count). The van der Waals surface area contributed by atoms with Gasteiger partial charge in [-0.2, -0.15) is 0 Å². The van der Waals surface area contributed by atoms with Crippen LogP contribution in [0.2, 0.25) is 0 Å². The van der Waals surface area contributed by atoms with Crippen LogP contribution in [0.1, 0.15) is 43.0 Å². The molecule has 1 atom stereocenters. The Morgan fingerprint density at radius 2 is 2.30 bits per heavy atom. The fraction of sp³-hybridized carbons (Fsp3) is 0.571. The van der Waals surface area contributed by atoms with E-state index in [4.69, 9.17) is 0 Å². The number of nitrogens with zero attached hydrogens (tertiary/aromatic N) is 1. The molecule has 0 radical (unpaired) electrons. The topological polar surface area (TPSA) is 57.6 Å². The maximum Gasteiger partial charge on any atom is 0.311 e. The number of carboxylic acids is 1. The zero-order valence-electron chi connectivity index (χ0n) is 11.4. The van der Waals surface area contributed by atoms with E-state index in [1.807, 2.05) is 18.4 Å². The molecule has 1 aromatic heterocycles. The highest BCUT2D eigenvalue weighted by Crippen LogP contribution is 2.35. The number of thiophene rings is 1. The standard InChI is InChI=1S/C14H18INO3S/c1-2-4-14(13(18)19)5-3-6-16(9-14)12(17)10-7-11(15)20-8-10/h7-8H,2-6,9H2,1H3,(H,18,19). The van der Waals surface area contributed by atoms with Crippen LogP contribution < -0.4 is 0 Å². The highest BCUT2D eigenvalue weighted by atomic mass is 127. The van der Waals surface area contributed by atoms with E-state index in [-0.39, 0.29) is 5.91 Å². The van der Waals surface area contributed by atoms with Gasteiger partial charge in [0.2, 0.25) is 0 Å². The van der Waals surface area contributed by atoms with Crippen LogP contribution in [0.15, 0.2) is 11.4 Å². The van der Waals surface area contributed by atoms with Crippen molar-refractivity contribution in [2.45, 2.75) is 32.6 Å². The first-order valence-corrected chi connectivity index (χ1v) is 8.71. The lowest BCUT2D eigenvalue weighted by molar-refractivity contribution is -0.152. The molecular weight excluding hydrogens is 389 g/mol. The zero-order valence-corrected chi connectivity index (χ0v) is 14.4. The van der Waals surface area contributed by atoms with Crippen molar-refractivity contribution in [1.82, 2.24) is 4.90 Å². The van der Waals surface area contributed by atoms with Crippen molar-refractivity contribution in [2.24, 2.45) is 5.41 Å². The van der Waals surface area contributed by atoms with E-state index < -0.39 is 11.4 Å². The van der Waals surface area contributed by atoms with Gasteiger partial charge in [-0.15, -0.1) is 11.3 Å². The van der Waals surface area contributed by atoms with E-state index in [0.717, 1.165) is 15.7 Å². The monoisotopic (exact) mass is 407 g/mol. The molecule has 1 aliphatic heterocycles. The molecule has 20 heavy (non-hydrogen) atoms. The number of hydrogen-bond donors (Lipinski definition) is 1. The lowest BCUT2D eigenvalue weighted by atomic mass is 9.76. The van der Waals surface area contributed by atoms with Crippen LogP contribution in [-0.2, 0) is 4.79 Å². The third kappa shape index (κ3) is 3.16. The zero-order chi connectivity index (χ0) is 14.8. The van der Waals surface area contributed by atoms with Crippen molar-refractivity contribution >= 4 is 45.8 Å². The number of aliphatic carboxylic acids is 1. The van der Waals surface area contributed by atoms with Gasteiger partial charge >= 0.3 is 5.97 Å².